The fourth-order valence-corrected chi connectivity index (χ4v) is 3.97. The molecule has 1 N–H and O–H groups in total. The largest absolute Gasteiger partial charge is 0.302 e. The highest BCUT2D eigenvalue weighted by Gasteiger charge is 2.10. The minimum Gasteiger partial charge on any atom is -0.302 e. The maximum Gasteiger partial charge on any atom is 0.228 e. The number of anilines is 1. The van der Waals surface area contributed by atoms with E-state index in [1.54, 1.807) is 10.7 Å². The van der Waals surface area contributed by atoms with Crippen molar-refractivity contribution in [1.82, 2.24) is 14.8 Å². The van der Waals surface area contributed by atoms with Crippen LogP contribution in [0.2, 0.25) is 0 Å². The molecule has 0 radical (unpaired) electrons. The Morgan fingerprint density at radius 1 is 1.18 bits per heavy atom. The van der Waals surface area contributed by atoms with Crippen LogP contribution in [0.4, 0.5) is 5.13 Å². The third kappa shape index (κ3) is 4.02. The van der Waals surface area contributed by atoms with Crippen molar-refractivity contribution in [3.8, 4) is 11.3 Å². The van der Waals surface area contributed by atoms with Crippen molar-refractivity contribution in [2.24, 2.45) is 0 Å². The van der Waals surface area contributed by atoms with Gasteiger partial charge in [0.15, 0.2) is 5.13 Å². The van der Waals surface area contributed by atoms with Crippen LogP contribution in [0.15, 0.2) is 69.4 Å². The molecule has 0 aliphatic heterocycles. The molecule has 2 aromatic heterocycles. The number of carbonyl (C=O) groups is 1. The van der Waals surface area contributed by atoms with Gasteiger partial charge in [0, 0.05) is 27.2 Å². The van der Waals surface area contributed by atoms with E-state index in [0.29, 0.717) is 22.6 Å². The monoisotopic (exact) mass is 454 g/mol. The average Bonchev–Trinajstić information content (AvgIpc) is 3.16. The van der Waals surface area contributed by atoms with Gasteiger partial charge in [-0.2, -0.15) is 5.10 Å². The Morgan fingerprint density at radius 3 is 2.89 bits per heavy atom. The van der Waals surface area contributed by atoms with Crippen LogP contribution < -0.4 is 10.7 Å². The summed E-state index contributed by atoms with van der Waals surface area (Å²) in [5, 5.41) is 10.0. The molecule has 0 saturated carbocycles. The molecule has 0 atom stereocenters. The molecule has 4 aromatic rings. The summed E-state index contributed by atoms with van der Waals surface area (Å²) in [7, 11) is 0. The van der Waals surface area contributed by atoms with Crippen LogP contribution in [0, 0.1) is 0 Å². The number of hydrogen-bond donors (Lipinski definition) is 1. The minimum atomic E-state index is -0.153. The van der Waals surface area contributed by atoms with Crippen LogP contribution in [0.5, 0.6) is 0 Å². The first kappa shape index (κ1) is 18.5. The van der Waals surface area contributed by atoms with E-state index in [9.17, 15) is 9.59 Å². The third-order valence-electron chi connectivity index (χ3n) is 4.18. The van der Waals surface area contributed by atoms with Gasteiger partial charge in [-0.25, -0.2) is 4.98 Å². The molecule has 6 nitrogen and oxygen atoms in total. The SMILES string of the molecule is O=C(CCn1ncc(=O)c2ccccc21)Nc1nc(-c2cccc(Br)c2)cs1. The Bertz CT molecular complexity index is 1220. The van der Waals surface area contributed by atoms with Crippen LogP contribution in [-0.2, 0) is 11.3 Å². The zero-order valence-corrected chi connectivity index (χ0v) is 17.0. The summed E-state index contributed by atoms with van der Waals surface area (Å²) < 4.78 is 2.65. The van der Waals surface area contributed by atoms with Crippen molar-refractivity contribution in [3.63, 3.8) is 0 Å². The van der Waals surface area contributed by atoms with Gasteiger partial charge >= 0.3 is 0 Å². The van der Waals surface area contributed by atoms with Crippen molar-refractivity contribution in [2.45, 2.75) is 13.0 Å². The molecule has 0 aliphatic rings. The Morgan fingerprint density at radius 2 is 2.04 bits per heavy atom. The van der Waals surface area contributed by atoms with Gasteiger partial charge in [-0.05, 0) is 24.3 Å². The summed E-state index contributed by atoms with van der Waals surface area (Å²) in [6.45, 7) is 0.372. The van der Waals surface area contributed by atoms with Crippen LogP contribution in [0.3, 0.4) is 0 Å². The molecular weight excluding hydrogens is 440 g/mol. The second-order valence-electron chi connectivity index (χ2n) is 6.10. The molecule has 2 aromatic carbocycles. The normalized spacial score (nSPS) is 10.9. The van der Waals surface area contributed by atoms with Gasteiger partial charge < -0.3 is 5.32 Å². The van der Waals surface area contributed by atoms with Crippen LogP contribution in [0.1, 0.15) is 6.42 Å². The smallest absolute Gasteiger partial charge is 0.228 e. The molecule has 1 amide bonds. The van der Waals surface area contributed by atoms with Gasteiger partial charge in [-0.15, -0.1) is 11.3 Å². The van der Waals surface area contributed by atoms with Crippen molar-refractivity contribution >= 4 is 49.2 Å². The van der Waals surface area contributed by atoms with Gasteiger partial charge in [0.05, 0.1) is 24.0 Å². The topological polar surface area (TPSA) is 76.9 Å². The average molecular weight is 455 g/mol. The number of halogens is 1. The Balaban J connectivity index is 1.43. The molecule has 2 heterocycles. The standard InChI is InChI=1S/C20H15BrN4O2S/c21-14-5-3-4-13(10-14)16-12-28-20(23-16)24-19(27)8-9-25-17-7-2-1-6-15(17)18(26)11-22-25/h1-7,10-12H,8-9H2,(H,23,24,27). The lowest BCUT2D eigenvalue weighted by Gasteiger charge is -2.08. The molecule has 0 saturated heterocycles. The Hall–Kier alpha value is -2.84. The van der Waals surface area contributed by atoms with E-state index in [2.05, 4.69) is 31.3 Å². The Kier molecular flexibility index (Phi) is 5.31. The quantitative estimate of drug-likeness (QED) is 0.487. The predicted molar refractivity (Wildman–Crippen MR) is 114 cm³/mol. The van der Waals surface area contributed by atoms with Crippen LogP contribution in [-0.4, -0.2) is 20.7 Å². The van der Waals surface area contributed by atoms with E-state index in [4.69, 9.17) is 0 Å². The molecular formula is C20H15BrN4O2S. The third-order valence-corrected chi connectivity index (χ3v) is 5.43. The Labute approximate surface area is 173 Å². The summed E-state index contributed by atoms with van der Waals surface area (Å²) in [4.78, 5) is 28.7. The molecule has 0 fully saturated rings. The molecule has 0 bridgehead atoms. The minimum absolute atomic E-state index is 0.126. The zero-order valence-electron chi connectivity index (χ0n) is 14.6. The molecule has 0 aliphatic carbocycles. The first-order chi connectivity index (χ1) is 13.6. The van der Waals surface area contributed by atoms with Crippen molar-refractivity contribution in [2.75, 3.05) is 5.32 Å². The summed E-state index contributed by atoms with van der Waals surface area (Å²) in [6, 6.07) is 15.1. The van der Waals surface area contributed by atoms with E-state index in [1.165, 1.54) is 17.5 Å². The number of rotatable bonds is 5. The highest BCUT2D eigenvalue weighted by Crippen LogP contribution is 2.27. The molecule has 28 heavy (non-hydrogen) atoms. The van der Waals surface area contributed by atoms with Crippen molar-refractivity contribution in [1.29, 1.82) is 0 Å². The lowest BCUT2D eigenvalue weighted by atomic mass is 10.2. The summed E-state index contributed by atoms with van der Waals surface area (Å²) in [6.07, 6.45) is 1.51. The zero-order chi connectivity index (χ0) is 19.5. The number of carbonyl (C=O) groups excluding carboxylic acids is 1. The lowest BCUT2D eigenvalue weighted by molar-refractivity contribution is -0.116. The number of nitrogens with one attached hydrogen (secondary N) is 1. The number of aromatic nitrogens is 3. The van der Waals surface area contributed by atoms with E-state index in [-0.39, 0.29) is 17.8 Å². The number of amides is 1. The molecule has 8 heteroatoms. The number of aryl methyl sites for hydroxylation is 1. The number of hydrogen-bond acceptors (Lipinski definition) is 5. The number of nitrogens with zero attached hydrogens (tertiary/aromatic N) is 3. The van der Waals surface area contributed by atoms with Gasteiger partial charge in [-0.1, -0.05) is 40.2 Å². The van der Waals surface area contributed by atoms with Gasteiger partial charge in [0.1, 0.15) is 0 Å². The van der Waals surface area contributed by atoms with Gasteiger partial charge in [0.2, 0.25) is 11.3 Å². The fourth-order valence-electron chi connectivity index (χ4n) is 2.84. The summed E-state index contributed by atoms with van der Waals surface area (Å²) >= 11 is 4.83. The van der Waals surface area contributed by atoms with Crippen molar-refractivity contribution in [3.05, 3.63) is 74.8 Å². The predicted octanol–water partition coefficient (Wildman–Crippen LogP) is 4.31. The lowest BCUT2D eigenvalue weighted by Crippen LogP contribution is -2.17. The van der Waals surface area contributed by atoms with E-state index < -0.39 is 0 Å². The number of benzene rings is 2. The maximum atomic E-state index is 12.3. The maximum absolute atomic E-state index is 12.3. The first-order valence-corrected chi connectivity index (χ1v) is 10.2. The number of para-hydroxylation sites is 1. The second-order valence-corrected chi connectivity index (χ2v) is 7.87. The molecule has 140 valence electrons. The molecule has 0 spiro atoms. The van der Waals surface area contributed by atoms with E-state index in [1.807, 2.05) is 47.8 Å². The molecule has 0 unspecified atom stereocenters. The second kappa shape index (κ2) is 8.04. The summed E-state index contributed by atoms with van der Waals surface area (Å²) in [5.74, 6) is -0.153. The number of thiazole rings is 1. The fraction of sp³-hybridized carbons (Fsp3) is 0.100. The summed E-state index contributed by atoms with van der Waals surface area (Å²) in [5.41, 5.74) is 2.39. The van der Waals surface area contributed by atoms with Crippen LogP contribution >= 0.6 is 27.3 Å². The van der Waals surface area contributed by atoms with E-state index >= 15 is 0 Å². The number of fused-ring (bicyclic) bond motifs is 1. The first-order valence-electron chi connectivity index (χ1n) is 8.56. The molecule has 4 rings (SSSR count). The van der Waals surface area contributed by atoms with Crippen molar-refractivity contribution < 1.29 is 4.79 Å². The highest BCUT2D eigenvalue weighted by atomic mass is 79.9. The van der Waals surface area contributed by atoms with E-state index in [0.717, 1.165) is 15.7 Å². The highest BCUT2D eigenvalue weighted by molar-refractivity contribution is 9.10. The van der Waals surface area contributed by atoms with Crippen LogP contribution in [0.25, 0.3) is 22.2 Å². The van der Waals surface area contributed by atoms with Gasteiger partial charge in [-0.3, -0.25) is 14.3 Å². The van der Waals surface area contributed by atoms with Gasteiger partial charge in [0.25, 0.3) is 0 Å².